The third-order valence-corrected chi connectivity index (χ3v) is 5.28. The monoisotopic (exact) mass is 318 g/mol. The van der Waals surface area contributed by atoms with Crippen LogP contribution in [-0.2, 0) is 11.2 Å². The lowest BCUT2D eigenvalue weighted by Crippen LogP contribution is -2.52. The zero-order valence-electron chi connectivity index (χ0n) is 13.8. The molecule has 1 saturated carbocycles. The van der Waals surface area contributed by atoms with E-state index >= 15 is 0 Å². The number of hydrogen-bond donors (Lipinski definition) is 0. The van der Waals surface area contributed by atoms with Gasteiger partial charge >= 0.3 is 0 Å². The van der Waals surface area contributed by atoms with Crippen molar-refractivity contribution in [1.82, 2.24) is 9.80 Å². The van der Waals surface area contributed by atoms with Crippen molar-refractivity contribution < 1.29 is 9.18 Å². The molecule has 1 heterocycles. The van der Waals surface area contributed by atoms with Crippen molar-refractivity contribution in [3.05, 3.63) is 35.6 Å². The van der Waals surface area contributed by atoms with E-state index in [-0.39, 0.29) is 11.7 Å². The summed E-state index contributed by atoms with van der Waals surface area (Å²) in [5, 5.41) is 0. The summed E-state index contributed by atoms with van der Waals surface area (Å²) < 4.78 is 12.9. The van der Waals surface area contributed by atoms with Crippen LogP contribution in [0.5, 0.6) is 0 Å². The van der Waals surface area contributed by atoms with Gasteiger partial charge < -0.3 is 4.90 Å². The van der Waals surface area contributed by atoms with Gasteiger partial charge in [0.2, 0.25) is 5.91 Å². The molecule has 23 heavy (non-hydrogen) atoms. The van der Waals surface area contributed by atoms with Crippen LogP contribution in [0.2, 0.25) is 0 Å². The van der Waals surface area contributed by atoms with Gasteiger partial charge in [-0.25, -0.2) is 4.39 Å². The van der Waals surface area contributed by atoms with E-state index in [1.54, 1.807) is 12.1 Å². The van der Waals surface area contributed by atoms with Crippen LogP contribution in [0.15, 0.2) is 24.3 Å². The Morgan fingerprint density at radius 2 is 1.57 bits per heavy atom. The largest absolute Gasteiger partial charge is 0.340 e. The summed E-state index contributed by atoms with van der Waals surface area (Å²) in [5.41, 5.74) is 0.891. The van der Waals surface area contributed by atoms with Crippen molar-refractivity contribution in [3.63, 3.8) is 0 Å². The minimum absolute atomic E-state index is 0.164. The Morgan fingerprint density at radius 1 is 0.957 bits per heavy atom. The van der Waals surface area contributed by atoms with Gasteiger partial charge in [0, 0.05) is 32.2 Å². The molecule has 0 unspecified atom stereocenters. The molecule has 2 fully saturated rings. The summed E-state index contributed by atoms with van der Waals surface area (Å²) >= 11 is 0. The van der Waals surface area contributed by atoms with Crippen LogP contribution in [0, 0.1) is 5.82 Å². The van der Waals surface area contributed by atoms with Gasteiger partial charge in [0.15, 0.2) is 0 Å². The first-order valence-corrected chi connectivity index (χ1v) is 8.98. The second kappa shape index (κ2) is 7.91. The van der Waals surface area contributed by atoms with E-state index in [4.69, 9.17) is 0 Å². The molecule has 3 nitrogen and oxygen atoms in total. The van der Waals surface area contributed by atoms with Gasteiger partial charge in [-0.3, -0.25) is 9.69 Å². The second-order valence-electron chi connectivity index (χ2n) is 6.87. The molecule has 1 aromatic carbocycles. The quantitative estimate of drug-likeness (QED) is 0.799. The highest BCUT2D eigenvalue weighted by molar-refractivity contribution is 5.78. The third kappa shape index (κ3) is 4.54. The molecule has 3 rings (SSSR count). The average molecular weight is 318 g/mol. The molecule has 126 valence electrons. The van der Waals surface area contributed by atoms with E-state index < -0.39 is 0 Å². The highest BCUT2D eigenvalue weighted by Gasteiger charge is 2.26. The first-order valence-electron chi connectivity index (χ1n) is 8.98. The van der Waals surface area contributed by atoms with E-state index in [0.717, 1.165) is 37.8 Å². The van der Waals surface area contributed by atoms with Crippen molar-refractivity contribution in [2.24, 2.45) is 0 Å². The van der Waals surface area contributed by atoms with Crippen LogP contribution in [0.1, 0.15) is 44.1 Å². The minimum Gasteiger partial charge on any atom is -0.340 e. The number of hydrogen-bond acceptors (Lipinski definition) is 2. The Labute approximate surface area is 138 Å². The molecule has 1 aliphatic heterocycles. The molecule has 1 amide bonds. The first kappa shape index (κ1) is 16.4. The summed E-state index contributed by atoms with van der Waals surface area (Å²) in [6, 6.07) is 6.98. The molecule has 0 spiro atoms. The number of rotatable bonds is 3. The SMILES string of the molecule is O=C(Cc1ccc(F)cc1)N1CCN(C2CCCCCC2)CC1. The fourth-order valence-corrected chi connectivity index (χ4v) is 3.85. The second-order valence-corrected chi connectivity index (χ2v) is 6.87. The molecular formula is C19H27FN2O. The lowest BCUT2D eigenvalue weighted by Gasteiger charge is -2.39. The smallest absolute Gasteiger partial charge is 0.227 e. The third-order valence-electron chi connectivity index (χ3n) is 5.28. The zero-order valence-corrected chi connectivity index (χ0v) is 13.8. The summed E-state index contributed by atoms with van der Waals surface area (Å²) in [4.78, 5) is 17.0. The highest BCUT2D eigenvalue weighted by Crippen LogP contribution is 2.23. The predicted octanol–water partition coefficient (Wildman–Crippen LogP) is 3.24. The van der Waals surface area contributed by atoms with Gasteiger partial charge in [-0.05, 0) is 30.5 Å². The summed E-state index contributed by atoms with van der Waals surface area (Å²) in [6.45, 7) is 3.66. The number of halogens is 1. The Balaban J connectivity index is 1.48. The average Bonchev–Trinajstić information content (AvgIpc) is 2.86. The van der Waals surface area contributed by atoms with E-state index in [9.17, 15) is 9.18 Å². The van der Waals surface area contributed by atoms with E-state index in [0.29, 0.717) is 6.42 Å². The Kier molecular flexibility index (Phi) is 5.65. The molecule has 0 bridgehead atoms. The molecule has 0 radical (unpaired) electrons. The zero-order chi connectivity index (χ0) is 16.1. The molecule has 1 aromatic rings. The number of benzene rings is 1. The highest BCUT2D eigenvalue weighted by atomic mass is 19.1. The van der Waals surface area contributed by atoms with Crippen LogP contribution < -0.4 is 0 Å². The molecule has 1 saturated heterocycles. The molecule has 0 N–H and O–H groups in total. The van der Waals surface area contributed by atoms with Gasteiger partial charge in [-0.15, -0.1) is 0 Å². The standard InChI is InChI=1S/C19H27FN2O/c20-17-9-7-16(8-10-17)15-19(23)22-13-11-21(12-14-22)18-5-3-1-2-4-6-18/h7-10,18H,1-6,11-15H2. The van der Waals surface area contributed by atoms with Gasteiger partial charge in [0.05, 0.1) is 6.42 Å². The molecule has 4 heteroatoms. The Hall–Kier alpha value is -1.42. The summed E-state index contributed by atoms with van der Waals surface area (Å²) in [7, 11) is 0. The lowest BCUT2D eigenvalue weighted by molar-refractivity contribution is -0.132. The van der Waals surface area contributed by atoms with Crippen molar-refractivity contribution in [3.8, 4) is 0 Å². The van der Waals surface area contributed by atoms with Crippen LogP contribution in [-0.4, -0.2) is 47.9 Å². The summed E-state index contributed by atoms with van der Waals surface area (Å²) in [6.07, 6.45) is 8.50. The van der Waals surface area contributed by atoms with E-state index in [1.807, 2.05) is 4.90 Å². The van der Waals surface area contributed by atoms with Crippen molar-refractivity contribution >= 4 is 5.91 Å². The maximum Gasteiger partial charge on any atom is 0.227 e. The summed E-state index contributed by atoms with van der Waals surface area (Å²) in [5.74, 6) is -0.0876. The molecule has 0 atom stereocenters. The maximum absolute atomic E-state index is 12.9. The topological polar surface area (TPSA) is 23.6 Å². The predicted molar refractivity (Wildman–Crippen MR) is 89.7 cm³/mol. The van der Waals surface area contributed by atoms with Crippen LogP contribution in [0.4, 0.5) is 4.39 Å². The maximum atomic E-state index is 12.9. The van der Waals surface area contributed by atoms with Crippen molar-refractivity contribution in [1.29, 1.82) is 0 Å². The minimum atomic E-state index is -0.252. The fourth-order valence-electron chi connectivity index (χ4n) is 3.85. The van der Waals surface area contributed by atoms with Gasteiger partial charge in [-0.1, -0.05) is 37.8 Å². The van der Waals surface area contributed by atoms with E-state index in [1.165, 1.54) is 50.7 Å². The fraction of sp³-hybridized carbons (Fsp3) is 0.632. The Morgan fingerprint density at radius 3 is 2.17 bits per heavy atom. The molecular weight excluding hydrogens is 291 g/mol. The molecule has 1 aliphatic carbocycles. The van der Waals surface area contributed by atoms with Gasteiger partial charge in [-0.2, -0.15) is 0 Å². The normalized spacial score (nSPS) is 21.2. The van der Waals surface area contributed by atoms with Gasteiger partial charge in [0.25, 0.3) is 0 Å². The van der Waals surface area contributed by atoms with Crippen molar-refractivity contribution in [2.75, 3.05) is 26.2 Å². The van der Waals surface area contributed by atoms with E-state index in [2.05, 4.69) is 4.90 Å². The first-order chi connectivity index (χ1) is 11.2. The van der Waals surface area contributed by atoms with Crippen LogP contribution >= 0.6 is 0 Å². The number of carbonyl (C=O) groups excluding carboxylic acids is 1. The Bertz CT molecular complexity index is 501. The van der Waals surface area contributed by atoms with Gasteiger partial charge in [0.1, 0.15) is 5.82 Å². The number of piperazine rings is 1. The van der Waals surface area contributed by atoms with Crippen LogP contribution in [0.25, 0.3) is 0 Å². The number of amides is 1. The van der Waals surface area contributed by atoms with Crippen LogP contribution in [0.3, 0.4) is 0 Å². The number of nitrogens with zero attached hydrogens (tertiary/aromatic N) is 2. The lowest BCUT2D eigenvalue weighted by atomic mass is 10.1. The molecule has 2 aliphatic rings. The number of carbonyl (C=O) groups is 1. The molecule has 0 aromatic heterocycles. The van der Waals surface area contributed by atoms with Crippen molar-refractivity contribution in [2.45, 2.75) is 51.0 Å².